The molecule has 0 spiro atoms. The number of oxime groups is 1. The maximum Gasteiger partial charge on any atom is 0.422 e. The number of rotatable bonds is 3. The van der Waals surface area contributed by atoms with Crippen molar-refractivity contribution in [1.29, 1.82) is 0 Å². The van der Waals surface area contributed by atoms with E-state index in [1.165, 1.54) is 24.3 Å². The first kappa shape index (κ1) is 12.2. The van der Waals surface area contributed by atoms with Crippen molar-refractivity contribution in [2.45, 2.75) is 6.18 Å². The molecule has 4 nitrogen and oxygen atoms in total. The number of benzene rings is 1. The van der Waals surface area contributed by atoms with Crippen LogP contribution in [0.3, 0.4) is 0 Å². The van der Waals surface area contributed by atoms with E-state index in [1.807, 2.05) is 0 Å². The molecule has 1 aromatic carbocycles. The van der Waals surface area contributed by atoms with E-state index >= 15 is 0 Å². The molecule has 0 atom stereocenters. The molecule has 0 radical (unpaired) electrons. The first-order valence-corrected chi connectivity index (χ1v) is 4.20. The van der Waals surface area contributed by atoms with Gasteiger partial charge in [-0.15, -0.1) is 0 Å². The monoisotopic (exact) mass is 234 g/mol. The van der Waals surface area contributed by atoms with E-state index in [1.54, 1.807) is 0 Å². The fraction of sp³-hybridized carbons (Fsp3) is 0.222. The SMILES string of the molecule is N/C(=N\O)c1ccc(OCC(F)(F)F)cc1. The van der Waals surface area contributed by atoms with Gasteiger partial charge in [0.1, 0.15) is 5.75 Å². The Labute approximate surface area is 89.1 Å². The van der Waals surface area contributed by atoms with Gasteiger partial charge in [-0.1, -0.05) is 5.16 Å². The predicted molar refractivity (Wildman–Crippen MR) is 50.5 cm³/mol. The summed E-state index contributed by atoms with van der Waals surface area (Å²) in [6, 6.07) is 5.39. The molecule has 88 valence electrons. The van der Waals surface area contributed by atoms with Crippen molar-refractivity contribution in [2.24, 2.45) is 10.9 Å². The number of ether oxygens (including phenoxy) is 1. The van der Waals surface area contributed by atoms with Gasteiger partial charge >= 0.3 is 6.18 Å². The second-order valence-corrected chi connectivity index (χ2v) is 2.91. The lowest BCUT2D eigenvalue weighted by molar-refractivity contribution is -0.153. The van der Waals surface area contributed by atoms with Gasteiger partial charge < -0.3 is 15.7 Å². The highest BCUT2D eigenvalue weighted by molar-refractivity contribution is 5.97. The van der Waals surface area contributed by atoms with Gasteiger partial charge in [-0.2, -0.15) is 13.2 Å². The first-order valence-electron chi connectivity index (χ1n) is 4.20. The van der Waals surface area contributed by atoms with E-state index < -0.39 is 12.8 Å². The zero-order chi connectivity index (χ0) is 12.2. The molecule has 16 heavy (non-hydrogen) atoms. The molecule has 0 aliphatic heterocycles. The molecular formula is C9H9F3N2O2. The predicted octanol–water partition coefficient (Wildman–Crippen LogP) is 1.72. The Balaban J connectivity index is 2.65. The average molecular weight is 234 g/mol. The number of hydrogen-bond donors (Lipinski definition) is 2. The summed E-state index contributed by atoms with van der Waals surface area (Å²) in [4.78, 5) is 0. The van der Waals surface area contributed by atoms with Gasteiger partial charge in [-0.05, 0) is 24.3 Å². The smallest absolute Gasteiger partial charge is 0.422 e. The molecule has 0 amide bonds. The standard InChI is InChI=1S/C9H9F3N2O2/c10-9(11,12)5-16-7-3-1-6(2-4-7)8(13)14-15/h1-4,15H,5H2,(H2,13,14). The lowest BCUT2D eigenvalue weighted by atomic mass is 10.2. The number of alkyl halides is 3. The van der Waals surface area contributed by atoms with Gasteiger partial charge in [-0.25, -0.2) is 0 Å². The molecule has 0 unspecified atom stereocenters. The van der Waals surface area contributed by atoms with Crippen LogP contribution in [0.5, 0.6) is 5.75 Å². The Morgan fingerprint density at radius 1 is 1.31 bits per heavy atom. The topological polar surface area (TPSA) is 67.8 Å². The summed E-state index contributed by atoms with van der Waals surface area (Å²) in [6.45, 7) is -1.35. The van der Waals surface area contributed by atoms with Crippen LogP contribution in [0, 0.1) is 0 Å². The van der Waals surface area contributed by atoms with Crippen molar-refractivity contribution >= 4 is 5.84 Å². The van der Waals surface area contributed by atoms with Crippen molar-refractivity contribution < 1.29 is 23.1 Å². The fourth-order valence-electron chi connectivity index (χ4n) is 0.945. The molecule has 0 aromatic heterocycles. The van der Waals surface area contributed by atoms with Crippen LogP contribution in [0.2, 0.25) is 0 Å². The van der Waals surface area contributed by atoms with Gasteiger partial charge in [0.25, 0.3) is 0 Å². The van der Waals surface area contributed by atoms with Crippen molar-refractivity contribution in [1.82, 2.24) is 0 Å². The van der Waals surface area contributed by atoms with Gasteiger partial charge in [-0.3, -0.25) is 0 Å². The number of hydrogen-bond acceptors (Lipinski definition) is 3. The molecular weight excluding hydrogens is 225 g/mol. The minimum absolute atomic E-state index is 0.0619. The van der Waals surface area contributed by atoms with E-state index in [0.717, 1.165) is 0 Å². The zero-order valence-electron chi connectivity index (χ0n) is 8.03. The second kappa shape index (κ2) is 4.73. The van der Waals surface area contributed by atoms with Crippen molar-refractivity contribution in [3.05, 3.63) is 29.8 Å². The maximum absolute atomic E-state index is 11.8. The third-order valence-electron chi connectivity index (χ3n) is 1.66. The number of amidine groups is 1. The quantitative estimate of drug-likeness (QED) is 0.362. The highest BCUT2D eigenvalue weighted by Crippen LogP contribution is 2.18. The number of nitrogens with two attached hydrogens (primary N) is 1. The van der Waals surface area contributed by atoms with Crippen LogP contribution in [-0.2, 0) is 0 Å². The third-order valence-corrected chi connectivity index (χ3v) is 1.66. The minimum atomic E-state index is -4.37. The third kappa shape index (κ3) is 3.68. The van der Waals surface area contributed by atoms with Gasteiger partial charge in [0.05, 0.1) is 0 Å². The Bertz CT molecular complexity index is 373. The molecule has 0 fully saturated rings. The van der Waals surface area contributed by atoms with Crippen LogP contribution in [0.4, 0.5) is 13.2 Å². The van der Waals surface area contributed by atoms with Crippen LogP contribution < -0.4 is 10.5 Å². The van der Waals surface area contributed by atoms with Gasteiger partial charge in [0.15, 0.2) is 12.4 Å². The van der Waals surface area contributed by atoms with Crippen LogP contribution in [-0.4, -0.2) is 23.8 Å². The van der Waals surface area contributed by atoms with E-state index in [9.17, 15) is 13.2 Å². The maximum atomic E-state index is 11.8. The van der Waals surface area contributed by atoms with Crippen LogP contribution in [0.1, 0.15) is 5.56 Å². The van der Waals surface area contributed by atoms with E-state index in [4.69, 9.17) is 10.9 Å². The fourth-order valence-corrected chi connectivity index (χ4v) is 0.945. The molecule has 0 aliphatic rings. The van der Waals surface area contributed by atoms with Crippen LogP contribution in [0.25, 0.3) is 0 Å². The van der Waals surface area contributed by atoms with Crippen molar-refractivity contribution in [3.63, 3.8) is 0 Å². The Morgan fingerprint density at radius 3 is 2.31 bits per heavy atom. The molecule has 7 heteroatoms. The summed E-state index contributed by atoms with van der Waals surface area (Å²) in [5, 5.41) is 11.1. The lowest BCUT2D eigenvalue weighted by Gasteiger charge is -2.09. The van der Waals surface area contributed by atoms with Gasteiger partial charge in [0, 0.05) is 5.56 Å². The van der Waals surface area contributed by atoms with Crippen molar-refractivity contribution in [2.75, 3.05) is 6.61 Å². The highest BCUT2D eigenvalue weighted by atomic mass is 19.4. The summed E-state index contributed by atoms with van der Waals surface area (Å²) in [5.74, 6) is -0.0609. The minimum Gasteiger partial charge on any atom is -0.484 e. The Morgan fingerprint density at radius 2 is 1.88 bits per heavy atom. The average Bonchev–Trinajstić information content (AvgIpc) is 2.25. The zero-order valence-corrected chi connectivity index (χ0v) is 8.03. The van der Waals surface area contributed by atoms with E-state index in [2.05, 4.69) is 9.89 Å². The number of halogens is 3. The van der Waals surface area contributed by atoms with E-state index in [-0.39, 0.29) is 11.6 Å². The largest absolute Gasteiger partial charge is 0.484 e. The summed E-state index contributed by atoms with van der Waals surface area (Å²) >= 11 is 0. The Kier molecular flexibility index (Phi) is 3.60. The van der Waals surface area contributed by atoms with Crippen molar-refractivity contribution in [3.8, 4) is 5.75 Å². The first-order chi connectivity index (χ1) is 7.42. The lowest BCUT2D eigenvalue weighted by Crippen LogP contribution is -2.19. The van der Waals surface area contributed by atoms with Crippen LogP contribution in [0.15, 0.2) is 29.4 Å². The molecule has 3 N–H and O–H groups in total. The molecule has 0 saturated heterocycles. The van der Waals surface area contributed by atoms with E-state index in [0.29, 0.717) is 5.56 Å². The summed E-state index contributed by atoms with van der Waals surface area (Å²) in [5.41, 5.74) is 5.66. The molecule has 1 rings (SSSR count). The molecule has 0 bridgehead atoms. The molecule has 0 heterocycles. The second-order valence-electron chi connectivity index (χ2n) is 2.91. The molecule has 0 aliphatic carbocycles. The molecule has 0 saturated carbocycles. The van der Waals surface area contributed by atoms with Gasteiger partial charge in [0.2, 0.25) is 0 Å². The normalized spacial score (nSPS) is 12.6. The molecule has 1 aromatic rings. The summed E-state index contributed by atoms with van der Waals surface area (Å²) in [7, 11) is 0. The summed E-state index contributed by atoms with van der Waals surface area (Å²) < 4.78 is 39.9. The summed E-state index contributed by atoms with van der Waals surface area (Å²) in [6.07, 6.45) is -4.37. The Hall–Kier alpha value is -1.92. The van der Waals surface area contributed by atoms with Crippen LogP contribution >= 0.6 is 0 Å². The highest BCUT2D eigenvalue weighted by Gasteiger charge is 2.28. The number of nitrogens with zero attached hydrogens (tertiary/aromatic N) is 1.